The van der Waals surface area contributed by atoms with Crippen LogP contribution in [0.25, 0.3) is 0 Å². The van der Waals surface area contributed by atoms with Gasteiger partial charge in [-0.2, -0.15) is 0 Å². The normalized spacial score (nSPS) is 10.2. The van der Waals surface area contributed by atoms with Gasteiger partial charge in [-0.15, -0.1) is 5.10 Å². The molecule has 0 heterocycles. The number of halogens is 1. The highest BCUT2D eigenvalue weighted by molar-refractivity contribution is 6.32. The fourth-order valence-corrected chi connectivity index (χ4v) is 0.959. The summed E-state index contributed by atoms with van der Waals surface area (Å²) in [7, 11) is 0. The number of benzene rings is 1. The van der Waals surface area contributed by atoms with Crippen LogP contribution in [0.3, 0.4) is 0 Å². The first-order valence-corrected chi connectivity index (χ1v) is 4.00. The molecule has 0 spiro atoms. The number of hydrazone groups is 1. The second-order valence-electron chi connectivity index (χ2n) is 2.33. The number of rotatable bonds is 2. The summed E-state index contributed by atoms with van der Waals surface area (Å²) in [5, 5.41) is 6.78. The van der Waals surface area contributed by atoms with Crippen molar-refractivity contribution in [2.24, 2.45) is 16.6 Å². The van der Waals surface area contributed by atoms with Crippen LogP contribution in [0.5, 0.6) is 0 Å². The van der Waals surface area contributed by atoms with Gasteiger partial charge in [0, 0.05) is 5.10 Å². The molecular weight excluding hydrogens is 188 g/mol. The number of nitrogens with one attached hydrogen (secondary N) is 1. The SMILES string of the molecule is NC(N)=N/[NH+]=C\c1ccccc1Cl. The molecule has 0 amide bonds. The van der Waals surface area contributed by atoms with Crippen LogP contribution in [-0.2, 0) is 0 Å². The van der Waals surface area contributed by atoms with Gasteiger partial charge in [0.2, 0.25) is 6.21 Å². The number of nitrogens with zero attached hydrogens (tertiary/aromatic N) is 1. The van der Waals surface area contributed by atoms with Crippen LogP contribution in [0.2, 0.25) is 5.02 Å². The molecule has 0 aliphatic heterocycles. The van der Waals surface area contributed by atoms with Gasteiger partial charge in [-0.25, -0.2) is 0 Å². The number of hydrogen-bond donors (Lipinski definition) is 3. The lowest BCUT2D eigenvalue weighted by Gasteiger charge is -1.90. The van der Waals surface area contributed by atoms with Gasteiger partial charge >= 0.3 is 0 Å². The van der Waals surface area contributed by atoms with Gasteiger partial charge in [0.05, 0.1) is 10.6 Å². The number of hydrogen-bond acceptors (Lipinski definition) is 1. The Morgan fingerprint density at radius 2 is 2.08 bits per heavy atom. The summed E-state index contributed by atoms with van der Waals surface area (Å²) in [6.07, 6.45) is 1.61. The molecule has 0 radical (unpaired) electrons. The molecule has 0 bridgehead atoms. The van der Waals surface area contributed by atoms with E-state index in [-0.39, 0.29) is 5.96 Å². The van der Waals surface area contributed by atoms with Crippen molar-refractivity contribution >= 4 is 23.8 Å². The van der Waals surface area contributed by atoms with Gasteiger partial charge < -0.3 is 11.5 Å². The van der Waals surface area contributed by atoms with Crippen molar-refractivity contribution in [3.63, 3.8) is 0 Å². The third-order valence-corrected chi connectivity index (χ3v) is 1.66. The monoisotopic (exact) mass is 197 g/mol. The lowest BCUT2D eigenvalue weighted by Crippen LogP contribution is -2.63. The standard InChI is InChI=1S/C8H9ClN4/c9-7-4-2-1-3-6(7)5-12-13-8(10)11/h1-5H,(H4,10,11,13)/p+1/b12-5-. The first-order valence-electron chi connectivity index (χ1n) is 3.62. The fourth-order valence-electron chi connectivity index (χ4n) is 0.769. The van der Waals surface area contributed by atoms with Crippen LogP contribution < -0.4 is 16.6 Å². The molecule has 0 saturated carbocycles. The summed E-state index contributed by atoms with van der Waals surface area (Å²) < 4.78 is 0. The summed E-state index contributed by atoms with van der Waals surface area (Å²) in [5.41, 5.74) is 11.0. The molecule has 0 unspecified atom stereocenters. The second-order valence-corrected chi connectivity index (χ2v) is 2.74. The predicted octanol–water partition coefficient (Wildman–Crippen LogP) is -0.972. The summed E-state index contributed by atoms with van der Waals surface area (Å²) >= 11 is 5.86. The van der Waals surface area contributed by atoms with Gasteiger partial charge in [-0.1, -0.05) is 23.7 Å². The van der Waals surface area contributed by atoms with E-state index in [1.165, 1.54) is 0 Å². The maximum absolute atomic E-state index is 5.86. The van der Waals surface area contributed by atoms with Crippen molar-refractivity contribution in [3.8, 4) is 0 Å². The Balaban J connectivity index is 2.80. The second kappa shape index (κ2) is 4.47. The quantitative estimate of drug-likeness (QED) is 0.324. The van der Waals surface area contributed by atoms with E-state index < -0.39 is 0 Å². The van der Waals surface area contributed by atoms with Crippen molar-refractivity contribution < 1.29 is 5.10 Å². The Hall–Kier alpha value is -1.55. The van der Waals surface area contributed by atoms with E-state index in [1.807, 2.05) is 18.2 Å². The van der Waals surface area contributed by atoms with Gasteiger partial charge in [-0.3, -0.25) is 0 Å². The maximum Gasteiger partial charge on any atom is 0.256 e. The average molecular weight is 198 g/mol. The molecule has 5 N–H and O–H groups in total. The fraction of sp³-hybridized carbons (Fsp3) is 0. The van der Waals surface area contributed by atoms with Crippen LogP contribution in [0, 0.1) is 0 Å². The summed E-state index contributed by atoms with van der Waals surface area (Å²) in [5.74, 6) is -0.0247. The molecule has 0 aromatic heterocycles. The molecule has 68 valence electrons. The molecule has 0 aliphatic carbocycles. The zero-order valence-corrected chi connectivity index (χ0v) is 7.62. The first-order chi connectivity index (χ1) is 6.20. The highest BCUT2D eigenvalue weighted by Gasteiger charge is 1.96. The van der Waals surface area contributed by atoms with Crippen LogP contribution in [0.15, 0.2) is 29.4 Å². The third kappa shape index (κ3) is 3.13. The number of guanidine groups is 1. The summed E-state index contributed by atoms with van der Waals surface area (Å²) in [6.45, 7) is 0. The lowest BCUT2D eigenvalue weighted by atomic mass is 10.2. The van der Waals surface area contributed by atoms with Crippen LogP contribution >= 0.6 is 11.6 Å². The van der Waals surface area contributed by atoms with Crippen molar-refractivity contribution in [3.05, 3.63) is 34.9 Å². The van der Waals surface area contributed by atoms with Gasteiger partial charge in [0.15, 0.2) is 0 Å². The topological polar surface area (TPSA) is 78.4 Å². The lowest BCUT2D eigenvalue weighted by molar-refractivity contribution is -0.456. The molecule has 1 aromatic rings. The van der Waals surface area contributed by atoms with E-state index in [2.05, 4.69) is 10.2 Å². The van der Waals surface area contributed by atoms with E-state index in [9.17, 15) is 0 Å². The Morgan fingerprint density at radius 1 is 1.38 bits per heavy atom. The molecule has 1 aromatic carbocycles. The van der Waals surface area contributed by atoms with E-state index in [1.54, 1.807) is 12.3 Å². The Bertz CT molecular complexity index is 342. The largest absolute Gasteiger partial charge is 0.365 e. The summed E-state index contributed by atoms with van der Waals surface area (Å²) in [4.78, 5) is 0. The average Bonchev–Trinajstić information content (AvgIpc) is 2.08. The van der Waals surface area contributed by atoms with Crippen molar-refractivity contribution in [1.29, 1.82) is 0 Å². The maximum atomic E-state index is 5.86. The minimum Gasteiger partial charge on any atom is -0.365 e. The van der Waals surface area contributed by atoms with E-state index in [0.29, 0.717) is 5.02 Å². The highest BCUT2D eigenvalue weighted by Crippen LogP contribution is 2.10. The van der Waals surface area contributed by atoms with Crippen molar-refractivity contribution in [2.75, 3.05) is 0 Å². The Kier molecular flexibility index (Phi) is 3.28. The molecule has 0 saturated heterocycles. The molecule has 13 heavy (non-hydrogen) atoms. The van der Waals surface area contributed by atoms with Crippen LogP contribution in [0.1, 0.15) is 5.56 Å². The third-order valence-electron chi connectivity index (χ3n) is 1.32. The highest BCUT2D eigenvalue weighted by atomic mass is 35.5. The van der Waals surface area contributed by atoms with Gasteiger partial charge in [-0.05, 0) is 12.1 Å². The van der Waals surface area contributed by atoms with E-state index >= 15 is 0 Å². The van der Waals surface area contributed by atoms with E-state index in [4.69, 9.17) is 23.1 Å². The molecule has 0 aliphatic rings. The van der Waals surface area contributed by atoms with E-state index in [0.717, 1.165) is 5.56 Å². The minimum absolute atomic E-state index is 0.0247. The minimum atomic E-state index is -0.0247. The Morgan fingerprint density at radius 3 is 2.69 bits per heavy atom. The van der Waals surface area contributed by atoms with Crippen LogP contribution in [-0.4, -0.2) is 12.2 Å². The molecule has 0 atom stereocenters. The van der Waals surface area contributed by atoms with Gasteiger partial charge in [0.1, 0.15) is 0 Å². The molecular formula is C8H10ClN4+. The molecule has 1 rings (SSSR count). The van der Waals surface area contributed by atoms with Crippen molar-refractivity contribution in [1.82, 2.24) is 0 Å². The zero-order chi connectivity index (χ0) is 9.68. The summed E-state index contributed by atoms with van der Waals surface area (Å²) in [6, 6.07) is 7.34. The first kappa shape index (κ1) is 9.54. The zero-order valence-electron chi connectivity index (χ0n) is 6.87. The number of nitrogens with two attached hydrogens (primary N) is 2. The Labute approximate surface area is 80.9 Å². The van der Waals surface area contributed by atoms with Gasteiger partial charge in [0.25, 0.3) is 5.96 Å². The molecule has 4 nitrogen and oxygen atoms in total. The van der Waals surface area contributed by atoms with Crippen LogP contribution in [0.4, 0.5) is 0 Å². The van der Waals surface area contributed by atoms with Crippen molar-refractivity contribution in [2.45, 2.75) is 0 Å². The molecule has 5 heteroatoms. The smallest absolute Gasteiger partial charge is 0.256 e. The predicted molar refractivity (Wildman–Crippen MR) is 53.4 cm³/mol. The molecule has 0 fully saturated rings.